The van der Waals surface area contributed by atoms with Crippen LogP contribution >= 0.6 is 12.2 Å². The third kappa shape index (κ3) is 4.69. The van der Waals surface area contributed by atoms with E-state index in [-0.39, 0.29) is 11.7 Å². The van der Waals surface area contributed by atoms with Gasteiger partial charge in [0.05, 0.1) is 0 Å². The van der Waals surface area contributed by atoms with Gasteiger partial charge in [0.1, 0.15) is 5.75 Å². The zero-order valence-electron chi connectivity index (χ0n) is 9.49. The van der Waals surface area contributed by atoms with Crippen LogP contribution in [0.3, 0.4) is 0 Å². The van der Waals surface area contributed by atoms with E-state index in [0.29, 0.717) is 10.7 Å². The first-order chi connectivity index (χ1) is 8.13. The summed E-state index contributed by atoms with van der Waals surface area (Å²) in [4.78, 5) is 11.6. The Labute approximate surface area is 105 Å². The molecule has 0 unspecified atom stereocenters. The van der Waals surface area contributed by atoms with Crippen LogP contribution in [0.1, 0.15) is 23.7 Å². The van der Waals surface area contributed by atoms with E-state index in [1.54, 1.807) is 12.1 Å². The number of hydrazine groups is 1. The van der Waals surface area contributed by atoms with Crippen LogP contribution in [0.2, 0.25) is 0 Å². The molecule has 0 aliphatic heterocycles. The van der Waals surface area contributed by atoms with Crippen LogP contribution in [0.25, 0.3) is 0 Å². The quantitative estimate of drug-likeness (QED) is 0.476. The molecule has 0 saturated heterocycles. The number of hydrogen-bond acceptors (Lipinski definition) is 3. The Kier molecular flexibility index (Phi) is 5.22. The molecule has 5 nitrogen and oxygen atoms in total. The highest BCUT2D eigenvalue weighted by Gasteiger charge is 2.05. The van der Waals surface area contributed by atoms with Gasteiger partial charge in [-0.2, -0.15) is 0 Å². The van der Waals surface area contributed by atoms with Gasteiger partial charge in [-0.15, -0.1) is 0 Å². The third-order valence-electron chi connectivity index (χ3n) is 1.93. The zero-order valence-corrected chi connectivity index (χ0v) is 10.3. The zero-order chi connectivity index (χ0) is 12.7. The summed E-state index contributed by atoms with van der Waals surface area (Å²) in [6.45, 7) is 2.76. The lowest BCUT2D eigenvalue weighted by atomic mass is 10.2. The second-order valence-electron chi connectivity index (χ2n) is 3.39. The lowest BCUT2D eigenvalue weighted by Crippen LogP contribution is -2.46. The molecule has 92 valence electrons. The summed E-state index contributed by atoms with van der Waals surface area (Å²) in [5, 5.41) is 12.5. The summed E-state index contributed by atoms with van der Waals surface area (Å²) in [5.41, 5.74) is 5.36. The molecule has 0 bridgehead atoms. The largest absolute Gasteiger partial charge is 0.508 e. The smallest absolute Gasteiger partial charge is 0.269 e. The van der Waals surface area contributed by atoms with Crippen molar-refractivity contribution >= 4 is 23.2 Å². The van der Waals surface area contributed by atoms with E-state index in [1.807, 2.05) is 6.92 Å². The Balaban J connectivity index is 2.42. The van der Waals surface area contributed by atoms with Gasteiger partial charge in [0.15, 0.2) is 5.11 Å². The van der Waals surface area contributed by atoms with E-state index in [0.717, 1.165) is 13.0 Å². The third-order valence-corrected chi connectivity index (χ3v) is 2.18. The van der Waals surface area contributed by atoms with E-state index >= 15 is 0 Å². The normalized spacial score (nSPS) is 9.47. The first-order valence-corrected chi connectivity index (χ1v) is 5.67. The summed E-state index contributed by atoms with van der Waals surface area (Å²) in [5.74, 6) is -0.314. The average Bonchev–Trinajstić information content (AvgIpc) is 2.33. The molecule has 1 amide bonds. The van der Waals surface area contributed by atoms with Crippen LogP contribution in [0.4, 0.5) is 0 Å². The van der Waals surface area contributed by atoms with E-state index in [4.69, 9.17) is 12.2 Å². The van der Waals surface area contributed by atoms with Gasteiger partial charge in [-0.25, -0.2) is 0 Å². The second-order valence-corrected chi connectivity index (χ2v) is 3.79. The number of phenolic OH excluding ortho intramolecular Hbond substituents is 1. The maximum Gasteiger partial charge on any atom is 0.269 e. The number of aromatic hydroxyl groups is 1. The van der Waals surface area contributed by atoms with Crippen molar-refractivity contribution in [2.24, 2.45) is 0 Å². The van der Waals surface area contributed by atoms with Gasteiger partial charge in [-0.3, -0.25) is 15.6 Å². The Morgan fingerprint density at radius 2 is 2.18 bits per heavy atom. The molecule has 0 heterocycles. The fourth-order valence-electron chi connectivity index (χ4n) is 1.12. The molecule has 1 rings (SSSR count). The van der Waals surface area contributed by atoms with Crippen LogP contribution in [0.15, 0.2) is 24.3 Å². The van der Waals surface area contributed by atoms with Gasteiger partial charge in [-0.05, 0) is 36.8 Å². The number of carbonyl (C=O) groups excluding carboxylic acids is 1. The predicted molar refractivity (Wildman–Crippen MR) is 69.6 cm³/mol. The van der Waals surface area contributed by atoms with Crippen molar-refractivity contribution in [1.29, 1.82) is 0 Å². The fraction of sp³-hybridized carbons (Fsp3) is 0.273. The van der Waals surface area contributed by atoms with Crippen LogP contribution in [0, 0.1) is 0 Å². The highest BCUT2D eigenvalue weighted by atomic mass is 32.1. The summed E-state index contributed by atoms with van der Waals surface area (Å²) < 4.78 is 0. The van der Waals surface area contributed by atoms with Gasteiger partial charge >= 0.3 is 0 Å². The maximum absolute atomic E-state index is 11.6. The average molecular weight is 253 g/mol. The number of benzene rings is 1. The van der Waals surface area contributed by atoms with Crippen molar-refractivity contribution < 1.29 is 9.90 Å². The number of phenols is 1. The topological polar surface area (TPSA) is 73.4 Å². The number of carbonyl (C=O) groups is 1. The van der Waals surface area contributed by atoms with E-state index in [9.17, 15) is 9.90 Å². The first-order valence-electron chi connectivity index (χ1n) is 5.26. The molecular formula is C11H15N3O2S. The van der Waals surface area contributed by atoms with Gasteiger partial charge in [0.2, 0.25) is 0 Å². The minimum atomic E-state index is -0.360. The highest BCUT2D eigenvalue weighted by molar-refractivity contribution is 7.80. The molecule has 0 spiro atoms. The van der Waals surface area contributed by atoms with Crippen molar-refractivity contribution in [3.05, 3.63) is 29.8 Å². The van der Waals surface area contributed by atoms with Gasteiger partial charge in [0, 0.05) is 12.1 Å². The SMILES string of the molecule is CCCNC(=S)NNC(=O)c1cccc(O)c1. The highest BCUT2D eigenvalue weighted by Crippen LogP contribution is 2.10. The molecule has 0 aliphatic carbocycles. The summed E-state index contributed by atoms with van der Waals surface area (Å²) in [7, 11) is 0. The van der Waals surface area contributed by atoms with Crippen LogP contribution in [-0.4, -0.2) is 22.7 Å². The first kappa shape index (κ1) is 13.2. The Morgan fingerprint density at radius 1 is 1.41 bits per heavy atom. The second kappa shape index (κ2) is 6.70. The van der Waals surface area contributed by atoms with Crippen molar-refractivity contribution in [2.45, 2.75) is 13.3 Å². The molecule has 4 N–H and O–H groups in total. The lowest BCUT2D eigenvalue weighted by Gasteiger charge is -2.10. The summed E-state index contributed by atoms with van der Waals surface area (Å²) in [6.07, 6.45) is 0.947. The number of thiocarbonyl (C=S) groups is 1. The summed E-state index contributed by atoms with van der Waals surface area (Å²) in [6, 6.07) is 6.06. The van der Waals surface area contributed by atoms with Crippen molar-refractivity contribution in [1.82, 2.24) is 16.2 Å². The van der Waals surface area contributed by atoms with E-state index in [2.05, 4.69) is 16.2 Å². The molecule has 0 saturated carbocycles. The molecule has 0 atom stereocenters. The van der Waals surface area contributed by atoms with Gasteiger partial charge < -0.3 is 10.4 Å². The molecular weight excluding hydrogens is 238 g/mol. The Bertz CT molecular complexity index is 409. The molecule has 0 aromatic heterocycles. The van der Waals surface area contributed by atoms with Crippen LogP contribution < -0.4 is 16.2 Å². The van der Waals surface area contributed by atoms with Crippen molar-refractivity contribution in [2.75, 3.05) is 6.54 Å². The monoisotopic (exact) mass is 253 g/mol. The number of rotatable bonds is 3. The van der Waals surface area contributed by atoms with E-state index in [1.165, 1.54) is 12.1 Å². The van der Waals surface area contributed by atoms with Crippen LogP contribution in [-0.2, 0) is 0 Å². The van der Waals surface area contributed by atoms with Gasteiger partial charge in [0.25, 0.3) is 5.91 Å². The fourth-order valence-corrected chi connectivity index (χ4v) is 1.27. The molecule has 6 heteroatoms. The van der Waals surface area contributed by atoms with E-state index < -0.39 is 0 Å². The molecule has 0 aliphatic rings. The summed E-state index contributed by atoms with van der Waals surface area (Å²) >= 11 is 4.93. The molecule has 1 aromatic carbocycles. The maximum atomic E-state index is 11.6. The number of hydrogen-bond donors (Lipinski definition) is 4. The van der Waals surface area contributed by atoms with Crippen molar-refractivity contribution in [3.63, 3.8) is 0 Å². The minimum absolute atomic E-state index is 0.0457. The van der Waals surface area contributed by atoms with Gasteiger partial charge in [-0.1, -0.05) is 13.0 Å². The number of nitrogens with one attached hydrogen (secondary N) is 3. The number of amides is 1. The molecule has 17 heavy (non-hydrogen) atoms. The molecule has 0 fully saturated rings. The Hall–Kier alpha value is -1.82. The van der Waals surface area contributed by atoms with Crippen molar-refractivity contribution in [3.8, 4) is 5.75 Å². The predicted octanol–water partition coefficient (Wildman–Crippen LogP) is 0.911. The molecule has 1 aromatic rings. The minimum Gasteiger partial charge on any atom is -0.508 e. The Morgan fingerprint density at radius 3 is 2.82 bits per heavy atom. The molecule has 0 radical (unpaired) electrons. The standard InChI is InChI=1S/C11H15N3O2S/c1-2-6-12-11(17)14-13-10(16)8-4-3-5-9(15)7-8/h3-5,7,15H,2,6H2,1H3,(H,13,16)(H2,12,14,17). The lowest BCUT2D eigenvalue weighted by molar-refractivity contribution is 0.0943. The van der Waals surface area contributed by atoms with Crippen LogP contribution in [0.5, 0.6) is 5.75 Å².